The van der Waals surface area contributed by atoms with Gasteiger partial charge in [-0.05, 0) is 31.5 Å². The molecule has 0 bridgehead atoms. The Morgan fingerprint density at radius 3 is 2.74 bits per heavy atom. The van der Waals surface area contributed by atoms with Crippen LogP contribution in [0.1, 0.15) is 29.8 Å². The Bertz CT molecular complexity index is 381. The van der Waals surface area contributed by atoms with Gasteiger partial charge in [0, 0.05) is 0 Å². The molecule has 1 aromatic rings. The van der Waals surface area contributed by atoms with Gasteiger partial charge in [-0.1, -0.05) is 6.42 Å². The van der Waals surface area contributed by atoms with E-state index in [1.807, 2.05) is 0 Å². The average molecular weight is 291 g/mol. The molecule has 19 heavy (non-hydrogen) atoms. The molecule has 0 saturated carbocycles. The highest BCUT2D eigenvalue weighted by Gasteiger charge is 2.10. The molecule has 1 rings (SSSR count). The summed E-state index contributed by atoms with van der Waals surface area (Å²) in [7, 11) is 0. The lowest BCUT2D eigenvalue weighted by Crippen LogP contribution is -2.30. The van der Waals surface area contributed by atoms with Gasteiger partial charge in [0.2, 0.25) is 5.78 Å². The molecule has 0 unspecified atom stereocenters. The van der Waals surface area contributed by atoms with Crippen molar-refractivity contribution in [2.45, 2.75) is 25.3 Å². The zero-order chi connectivity index (χ0) is 13.4. The number of aliphatic carboxylic acids is 1. The van der Waals surface area contributed by atoms with Crippen LogP contribution in [0.2, 0.25) is 0 Å². The number of carbonyl (C=O) groups is 2. The lowest BCUT2D eigenvalue weighted by atomic mass is 10.1. The van der Waals surface area contributed by atoms with Crippen LogP contribution in [0.25, 0.3) is 0 Å². The summed E-state index contributed by atoms with van der Waals surface area (Å²) in [4.78, 5) is 21.9. The number of hydrogen-bond donors (Lipinski definition) is 3. The molecule has 4 N–H and O–H groups in total. The zero-order valence-corrected chi connectivity index (χ0v) is 11.3. The van der Waals surface area contributed by atoms with E-state index in [4.69, 9.17) is 15.3 Å². The van der Waals surface area contributed by atoms with Crippen LogP contribution in [0.15, 0.2) is 22.8 Å². The number of nitrogens with one attached hydrogen (secondary N) is 1. The fraction of sp³-hybridized carbons (Fsp3) is 0.500. The number of ketones is 1. The summed E-state index contributed by atoms with van der Waals surface area (Å²) >= 11 is 0. The van der Waals surface area contributed by atoms with Crippen LogP contribution in [0.3, 0.4) is 0 Å². The van der Waals surface area contributed by atoms with E-state index >= 15 is 0 Å². The number of halogens is 1. The van der Waals surface area contributed by atoms with Gasteiger partial charge in [-0.15, -0.1) is 12.4 Å². The molecule has 0 aliphatic carbocycles. The molecule has 0 aromatic carbocycles. The van der Waals surface area contributed by atoms with Crippen LogP contribution in [0, 0.1) is 0 Å². The van der Waals surface area contributed by atoms with Gasteiger partial charge in [0.15, 0.2) is 5.76 Å². The van der Waals surface area contributed by atoms with Crippen LogP contribution >= 0.6 is 12.4 Å². The van der Waals surface area contributed by atoms with Gasteiger partial charge >= 0.3 is 5.97 Å². The third-order valence-corrected chi connectivity index (χ3v) is 2.52. The first-order chi connectivity index (χ1) is 8.61. The van der Waals surface area contributed by atoms with Crippen molar-refractivity contribution in [3.63, 3.8) is 0 Å². The molecule has 0 spiro atoms. The van der Waals surface area contributed by atoms with Crippen molar-refractivity contribution in [1.82, 2.24) is 5.32 Å². The third kappa shape index (κ3) is 6.95. The van der Waals surface area contributed by atoms with E-state index in [2.05, 4.69) is 5.32 Å². The van der Waals surface area contributed by atoms with Crippen molar-refractivity contribution in [2.75, 3.05) is 13.1 Å². The fourth-order valence-electron chi connectivity index (χ4n) is 1.46. The van der Waals surface area contributed by atoms with Crippen LogP contribution in [0.5, 0.6) is 0 Å². The van der Waals surface area contributed by atoms with Crippen molar-refractivity contribution in [3.8, 4) is 0 Å². The summed E-state index contributed by atoms with van der Waals surface area (Å²) in [5, 5.41) is 11.5. The van der Waals surface area contributed by atoms with Crippen molar-refractivity contribution >= 4 is 24.2 Å². The Kier molecular flexibility index (Phi) is 8.86. The number of unbranched alkanes of at least 4 members (excludes halogenated alkanes) is 1. The van der Waals surface area contributed by atoms with Crippen molar-refractivity contribution in [3.05, 3.63) is 24.2 Å². The minimum Gasteiger partial charge on any atom is -0.480 e. The molecule has 6 nitrogen and oxygen atoms in total. The zero-order valence-electron chi connectivity index (χ0n) is 10.5. The number of carboxylic acid groups (broad SMARTS) is 1. The van der Waals surface area contributed by atoms with E-state index in [0.29, 0.717) is 18.7 Å². The van der Waals surface area contributed by atoms with Crippen molar-refractivity contribution < 1.29 is 19.1 Å². The largest absolute Gasteiger partial charge is 0.480 e. The van der Waals surface area contributed by atoms with Gasteiger partial charge in [0.25, 0.3) is 0 Å². The minimum atomic E-state index is -0.976. The van der Waals surface area contributed by atoms with Gasteiger partial charge in [-0.2, -0.15) is 0 Å². The highest BCUT2D eigenvalue weighted by molar-refractivity contribution is 5.94. The highest BCUT2D eigenvalue weighted by Crippen LogP contribution is 2.01. The number of Topliss-reactive ketones (excluding diaryl/α,β-unsaturated/α-hetero) is 1. The van der Waals surface area contributed by atoms with E-state index in [9.17, 15) is 9.59 Å². The molecule has 1 heterocycles. The SMILES string of the molecule is Cl.N[C@@H](CCCCNCC(=O)c1ccco1)C(=O)O. The molecule has 0 amide bonds. The number of furan rings is 1. The molecular weight excluding hydrogens is 272 g/mol. The van der Waals surface area contributed by atoms with E-state index < -0.39 is 12.0 Å². The number of nitrogens with two attached hydrogens (primary N) is 1. The quantitative estimate of drug-likeness (QED) is 0.464. The topological polar surface area (TPSA) is 106 Å². The fourth-order valence-corrected chi connectivity index (χ4v) is 1.46. The number of carbonyl (C=O) groups excluding carboxylic acids is 1. The van der Waals surface area contributed by atoms with E-state index in [1.165, 1.54) is 6.26 Å². The molecule has 1 atom stereocenters. The molecule has 7 heteroatoms. The maximum absolute atomic E-state index is 11.5. The first-order valence-electron chi connectivity index (χ1n) is 5.87. The molecule has 1 aromatic heterocycles. The number of rotatable bonds is 9. The Hall–Kier alpha value is -1.37. The standard InChI is InChI=1S/C12H18N2O4.ClH/c13-9(12(16)17)4-1-2-6-14-8-10(15)11-5-3-7-18-11;/h3,5,7,9,14H,1-2,4,6,8,13H2,(H,16,17);1H/t9-;/m0./s1. The maximum Gasteiger partial charge on any atom is 0.320 e. The summed E-state index contributed by atoms with van der Waals surface area (Å²) in [5.74, 6) is -0.728. The normalized spacial score (nSPS) is 11.6. The number of carboxylic acids is 1. The first kappa shape index (κ1) is 17.6. The highest BCUT2D eigenvalue weighted by atomic mass is 35.5. The Balaban J connectivity index is 0.00000324. The summed E-state index contributed by atoms with van der Waals surface area (Å²) in [6.45, 7) is 0.872. The second-order valence-corrected chi connectivity index (χ2v) is 4.02. The lowest BCUT2D eigenvalue weighted by Gasteiger charge is -2.06. The summed E-state index contributed by atoms with van der Waals surface area (Å²) in [6.07, 6.45) is 3.41. The average Bonchev–Trinajstić information content (AvgIpc) is 2.86. The van der Waals surface area contributed by atoms with Gasteiger partial charge in [-0.25, -0.2) is 0 Å². The molecule has 0 radical (unpaired) electrons. The Morgan fingerprint density at radius 1 is 1.42 bits per heavy atom. The van der Waals surface area contributed by atoms with Crippen LogP contribution in [-0.4, -0.2) is 36.0 Å². The summed E-state index contributed by atoms with van der Waals surface area (Å²) in [6, 6.07) is 2.49. The first-order valence-corrected chi connectivity index (χ1v) is 5.87. The molecule has 0 aliphatic rings. The molecule has 0 aliphatic heterocycles. The Morgan fingerprint density at radius 2 is 2.16 bits per heavy atom. The van der Waals surface area contributed by atoms with Gasteiger partial charge < -0.3 is 20.6 Å². The van der Waals surface area contributed by atoms with Crippen molar-refractivity contribution in [1.29, 1.82) is 0 Å². The number of hydrogen-bond acceptors (Lipinski definition) is 5. The van der Waals surface area contributed by atoms with Crippen LogP contribution < -0.4 is 11.1 Å². The monoisotopic (exact) mass is 290 g/mol. The summed E-state index contributed by atoms with van der Waals surface area (Å²) in [5.41, 5.74) is 5.36. The van der Waals surface area contributed by atoms with Crippen LogP contribution in [0.4, 0.5) is 0 Å². The van der Waals surface area contributed by atoms with Gasteiger partial charge in [0.05, 0.1) is 12.8 Å². The van der Waals surface area contributed by atoms with E-state index in [0.717, 1.165) is 12.8 Å². The predicted octanol–water partition coefficient (Wildman–Crippen LogP) is 1.06. The smallest absolute Gasteiger partial charge is 0.320 e. The Labute approximate surface area is 117 Å². The second kappa shape index (κ2) is 9.55. The second-order valence-electron chi connectivity index (χ2n) is 4.02. The minimum absolute atomic E-state index is 0. The molecule has 108 valence electrons. The molecule has 0 fully saturated rings. The van der Waals surface area contributed by atoms with Crippen LogP contribution in [-0.2, 0) is 4.79 Å². The van der Waals surface area contributed by atoms with Gasteiger partial charge in [0.1, 0.15) is 6.04 Å². The summed E-state index contributed by atoms with van der Waals surface area (Å²) < 4.78 is 4.96. The molecule has 0 saturated heterocycles. The predicted molar refractivity (Wildman–Crippen MR) is 72.6 cm³/mol. The van der Waals surface area contributed by atoms with E-state index in [1.54, 1.807) is 12.1 Å². The van der Waals surface area contributed by atoms with Crippen molar-refractivity contribution in [2.24, 2.45) is 5.73 Å². The molecular formula is C12H19ClN2O4. The third-order valence-electron chi connectivity index (χ3n) is 2.52. The lowest BCUT2D eigenvalue weighted by molar-refractivity contribution is -0.138. The maximum atomic E-state index is 11.5. The van der Waals surface area contributed by atoms with Gasteiger partial charge in [-0.3, -0.25) is 9.59 Å². The van der Waals surface area contributed by atoms with E-state index in [-0.39, 0.29) is 24.7 Å².